The molecule has 0 aromatic heterocycles. The van der Waals surface area contributed by atoms with Crippen molar-refractivity contribution in [2.24, 2.45) is 11.3 Å². The number of nitrogens with zero attached hydrogens (tertiary/aromatic N) is 2. The van der Waals surface area contributed by atoms with Crippen molar-refractivity contribution >= 4 is 22.0 Å². The van der Waals surface area contributed by atoms with E-state index in [4.69, 9.17) is 4.74 Å². The Hall–Kier alpha value is -1.03. The third kappa shape index (κ3) is 4.05. The zero-order chi connectivity index (χ0) is 18.1. The maximum atomic E-state index is 13.0. The molecule has 2 amide bonds. The van der Waals surface area contributed by atoms with E-state index in [1.54, 1.807) is 11.4 Å². The van der Waals surface area contributed by atoms with Crippen LogP contribution in [0.3, 0.4) is 0 Å². The molecule has 1 unspecified atom stereocenters. The van der Waals surface area contributed by atoms with E-state index in [0.29, 0.717) is 58.5 Å². The average molecular weight is 373 g/mol. The Bertz CT molecular complexity index is 608. The van der Waals surface area contributed by atoms with E-state index >= 15 is 0 Å². The summed E-state index contributed by atoms with van der Waals surface area (Å²) in [5.74, 6) is -0.249. The lowest BCUT2D eigenvalue weighted by atomic mass is 9.71. The van der Waals surface area contributed by atoms with E-state index in [-0.39, 0.29) is 23.1 Å². The molecule has 0 aliphatic carbocycles. The Labute approximate surface area is 149 Å². The maximum absolute atomic E-state index is 13.0. The van der Waals surface area contributed by atoms with Crippen LogP contribution in [0.15, 0.2) is 0 Å². The molecule has 3 rings (SSSR count). The Balaban J connectivity index is 1.63. The number of nitrogens with one attached hydrogen (secondary N) is 1. The second-order valence-electron chi connectivity index (χ2n) is 7.55. The normalized spacial score (nSPS) is 28.9. The van der Waals surface area contributed by atoms with Crippen molar-refractivity contribution in [3.8, 4) is 0 Å². The highest BCUT2D eigenvalue weighted by molar-refractivity contribution is 7.86. The van der Waals surface area contributed by atoms with E-state index in [9.17, 15) is 18.0 Å². The highest BCUT2D eigenvalue weighted by Gasteiger charge is 2.45. The lowest BCUT2D eigenvalue weighted by Gasteiger charge is -2.44. The fraction of sp³-hybridized carbons (Fsp3) is 0.875. The Morgan fingerprint density at radius 2 is 1.76 bits per heavy atom. The number of hydrogen-bond donors (Lipinski definition) is 1. The minimum Gasteiger partial charge on any atom is -0.384 e. The molecule has 3 saturated heterocycles. The predicted octanol–water partition coefficient (Wildman–Crippen LogP) is 0.108. The molecule has 8 nitrogen and oxygen atoms in total. The number of hydrogen-bond acceptors (Lipinski definition) is 5. The van der Waals surface area contributed by atoms with Gasteiger partial charge < -0.3 is 4.74 Å². The van der Waals surface area contributed by atoms with Crippen molar-refractivity contribution in [1.82, 2.24) is 13.9 Å². The third-order valence-electron chi connectivity index (χ3n) is 5.67. The smallest absolute Gasteiger partial charge is 0.281 e. The van der Waals surface area contributed by atoms with Gasteiger partial charge in [0.25, 0.3) is 10.2 Å². The number of ether oxygens (including phenoxy) is 1. The van der Waals surface area contributed by atoms with Gasteiger partial charge in [0.15, 0.2) is 0 Å². The maximum Gasteiger partial charge on any atom is 0.281 e. The zero-order valence-electron chi connectivity index (χ0n) is 14.7. The topological polar surface area (TPSA) is 96.0 Å². The molecular formula is C16H27N3O5S. The number of methoxy groups -OCH3 is 1. The van der Waals surface area contributed by atoms with Gasteiger partial charge >= 0.3 is 0 Å². The lowest BCUT2D eigenvalue weighted by Crippen LogP contribution is -2.54. The average Bonchev–Trinajstić information content (AvgIpc) is 2.54. The van der Waals surface area contributed by atoms with Crippen molar-refractivity contribution in [3.63, 3.8) is 0 Å². The third-order valence-corrected chi connectivity index (χ3v) is 7.67. The molecule has 0 bridgehead atoms. The first kappa shape index (κ1) is 18.8. The quantitative estimate of drug-likeness (QED) is 0.706. The molecule has 3 heterocycles. The van der Waals surface area contributed by atoms with E-state index in [1.165, 1.54) is 4.31 Å². The van der Waals surface area contributed by atoms with Crippen molar-refractivity contribution in [2.45, 2.75) is 38.5 Å². The number of imide groups is 1. The molecule has 25 heavy (non-hydrogen) atoms. The molecule has 0 aromatic carbocycles. The molecule has 0 aromatic rings. The van der Waals surface area contributed by atoms with Crippen LogP contribution < -0.4 is 5.32 Å². The van der Waals surface area contributed by atoms with Crippen LogP contribution in [0.2, 0.25) is 0 Å². The summed E-state index contributed by atoms with van der Waals surface area (Å²) < 4.78 is 34.2. The highest BCUT2D eigenvalue weighted by atomic mass is 32.2. The second-order valence-corrected chi connectivity index (χ2v) is 9.48. The highest BCUT2D eigenvalue weighted by Crippen LogP contribution is 2.41. The van der Waals surface area contributed by atoms with Gasteiger partial charge in [0.05, 0.1) is 6.61 Å². The predicted molar refractivity (Wildman–Crippen MR) is 90.7 cm³/mol. The molecule has 9 heteroatoms. The minimum absolute atomic E-state index is 0.240. The molecule has 0 saturated carbocycles. The van der Waals surface area contributed by atoms with Gasteiger partial charge in [-0.2, -0.15) is 17.0 Å². The summed E-state index contributed by atoms with van der Waals surface area (Å²) in [5, 5.41) is 2.33. The summed E-state index contributed by atoms with van der Waals surface area (Å²) in [6.07, 6.45) is 3.57. The van der Waals surface area contributed by atoms with Gasteiger partial charge in [-0.3, -0.25) is 14.9 Å². The largest absolute Gasteiger partial charge is 0.384 e. The molecule has 3 aliphatic rings. The summed E-state index contributed by atoms with van der Waals surface area (Å²) in [5.41, 5.74) is -0.369. The van der Waals surface area contributed by atoms with Crippen molar-refractivity contribution in [2.75, 3.05) is 39.9 Å². The summed E-state index contributed by atoms with van der Waals surface area (Å²) in [7, 11) is -1.86. The number of carbonyl (C=O) groups excluding carboxylic acids is 2. The van der Waals surface area contributed by atoms with Gasteiger partial charge in [0.2, 0.25) is 11.8 Å². The Morgan fingerprint density at radius 3 is 2.36 bits per heavy atom. The van der Waals surface area contributed by atoms with Crippen LogP contribution in [0, 0.1) is 11.3 Å². The summed E-state index contributed by atoms with van der Waals surface area (Å²) in [6.45, 7) is 2.36. The van der Waals surface area contributed by atoms with Crippen molar-refractivity contribution < 1.29 is 22.7 Å². The molecule has 1 atom stereocenters. The fourth-order valence-corrected chi connectivity index (χ4v) is 6.03. The minimum atomic E-state index is -3.49. The summed E-state index contributed by atoms with van der Waals surface area (Å²) >= 11 is 0. The number of amides is 2. The first-order valence-corrected chi connectivity index (χ1v) is 10.3. The van der Waals surface area contributed by atoms with Gasteiger partial charge in [0, 0.05) is 46.1 Å². The first-order valence-electron chi connectivity index (χ1n) is 8.91. The summed E-state index contributed by atoms with van der Waals surface area (Å²) in [6, 6.07) is 0. The molecule has 3 fully saturated rings. The number of carbonyl (C=O) groups is 2. The van der Waals surface area contributed by atoms with Crippen LogP contribution in [-0.4, -0.2) is 68.7 Å². The van der Waals surface area contributed by atoms with Crippen LogP contribution in [0.4, 0.5) is 0 Å². The fourth-order valence-electron chi connectivity index (χ4n) is 4.30. The lowest BCUT2D eigenvalue weighted by molar-refractivity contribution is -0.139. The Morgan fingerprint density at radius 1 is 1.12 bits per heavy atom. The van der Waals surface area contributed by atoms with E-state index in [0.717, 1.165) is 12.8 Å². The number of piperidine rings is 3. The van der Waals surface area contributed by atoms with Crippen LogP contribution in [0.25, 0.3) is 0 Å². The van der Waals surface area contributed by atoms with Crippen LogP contribution >= 0.6 is 0 Å². The monoisotopic (exact) mass is 373 g/mol. The molecule has 1 N–H and O–H groups in total. The molecule has 0 radical (unpaired) electrons. The molecule has 1 spiro atoms. The van der Waals surface area contributed by atoms with Crippen LogP contribution in [-0.2, 0) is 24.5 Å². The standard InChI is InChI=1S/C16H27N3O5S/c1-24-12-13-3-2-6-19(11-13)25(22,23)18-7-4-16(5-8-18)9-14(20)17-15(21)10-16/h13H,2-12H2,1H3,(H,17,20,21). The van der Waals surface area contributed by atoms with Crippen molar-refractivity contribution in [1.29, 1.82) is 0 Å². The van der Waals surface area contributed by atoms with Gasteiger partial charge in [-0.1, -0.05) is 0 Å². The van der Waals surface area contributed by atoms with Crippen LogP contribution in [0.5, 0.6) is 0 Å². The number of rotatable bonds is 4. The van der Waals surface area contributed by atoms with E-state index in [2.05, 4.69) is 5.32 Å². The van der Waals surface area contributed by atoms with E-state index < -0.39 is 10.2 Å². The van der Waals surface area contributed by atoms with E-state index in [1.807, 2.05) is 0 Å². The zero-order valence-corrected chi connectivity index (χ0v) is 15.5. The van der Waals surface area contributed by atoms with Crippen molar-refractivity contribution in [3.05, 3.63) is 0 Å². The molecular weight excluding hydrogens is 346 g/mol. The molecule has 142 valence electrons. The first-order chi connectivity index (χ1) is 11.8. The Kier molecular flexibility index (Phi) is 5.48. The second kappa shape index (κ2) is 7.30. The van der Waals surface area contributed by atoms with Gasteiger partial charge in [-0.25, -0.2) is 0 Å². The molecule has 3 aliphatic heterocycles. The van der Waals surface area contributed by atoms with Crippen LogP contribution in [0.1, 0.15) is 38.5 Å². The summed E-state index contributed by atoms with van der Waals surface area (Å²) in [4.78, 5) is 23.4. The van der Waals surface area contributed by atoms with Gasteiger partial charge in [0.1, 0.15) is 0 Å². The SMILES string of the molecule is COCC1CCCN(S(=O)(=O)N2CCC3(CC2)CC(=O)NC(=O)C3)C1. The van der Waals surface area contributed by atoms with Gasteiger partial charge in [-0.05, 0) is 37.0 Å². The van der Waals surface area contributed by atoms with Gasteiger partial charge in [-0.15, -0.1) is 0 Å².